The third-order valence-corrected chi connectivity index (χ3v) is 4.15. The first-order valence-electron chi connectivity index (χ1n) is 6.97. The number of nitrogens with zero attached hydrogens (tertiary/aromatic N) is 2. The summed E-state index contributed by atoms with van der Waals surface area (Å²) in [5, 5.41) is 2.80. The summed E-state index contributed by atoms with van der Waals surface area (Å²) >= 11 is 6.06. The van der Waals surface area contributed by atoms with Crippen LogP contribution < -0.4 is 0 Å². The van der Waals surface area contributed by atoms with E-state index >= 15 is 0 Å². The van der Waals surface area contributed by atoms with Gasteiger partial charge in [0.1, 0.15) is 11.1 Å². The lowest BCUT2D eigenvalue weighted by Crippen LogP contribution is -1.87. The third kappa shape index (κ3) is 1.57. The molecule has 2 heterocycles. The fourth-order valence-corrected chi connectivity index (χ4v) is 3.06. The normalized spacial score (nSPS) is 11.9. The number of fused-ring (bicyclic) bond motifs is 6. The van der Waals surface area contributed by atoms with Gasteiger partial charge in [0.05, 0.1) is 16.6 Å². The number of halogens is 1. The average Bonchev–Trinajstić information content (AvgIpc) is 2.92. The maximum atomic E-state index is 6.06. The Labute approximate surface area is 130 Å². The molecule has 2 aromatic heterocycles. The summed E-state index contributed by atoms with van der Waals surface area (Å²) in [4.78, 5) is 9.38. The molecule has 0 N–H and O–H groups in total. The number of hydrogen-bond donors (Lipinski definition) is 0. The predicted octanol–water partition coefficient (Wildman–Crippen LogP) is 5.34. The molecule has 0 spiro atoms. The highest BCUT2D eigenvalue weighted by molar-refractivity contribution is 6.31. The fraction of sp³-hybridized carbons (Fsp3) is 0. The van der Waals surface area contributed by atoms with Crippen LogP contribution in [0, 0.1) is 0 Å². The van der Waals surface area contributed by atoms with Gasteiger partial charge < -0.3 is 4.42 Å². The minimum atomic E-state index is 0.651. The van der Waals surface area contributed by atoms with Crippen LogP contribution in [0.15, 0.2) is 59.0 Å². The summed E-state index contributed by atoms with van der Waals surface area (Å²) in [7, 11) is 0. The van der Waals surface area contributed by atoms with E-state index in [9.17, 15) is 0 Å². The molecular formula is C18H9ClN2O. The highest BCUT2D eigenvalue weighted by Gasteiger charge is 2.12. The summed E-state index contributed by atoms with van der Waals surface area (Å²) in [5.74, 6) is 0. The van der Waals surface area contributed by atoms with Crippen molar-refractivity contribution in [3.05, 3.63) is 59.6 Å². The number of aromatic nitrogens is 2. The molecule has 0 saturated carbocycles. The highest BCUT2D eigenvalue weighted by Crippen LogP contribution is 2.33. The molecule has 22 heavy (non-hydrogen) atoms. The molecule has 0 fully saturated rings. The van der Waals surface area contributed by atoms with E-state index < -0.39 is 0 Å². The molecule has 104 valence electrons. The topological polar surface area (TPSA) is 38.9 Å². The Bertz CT molecular complexity index is 1190. The number of rotatable bonds is 0. The molecule has 4 heteroatoms. The molecule has 0 saturated heterocycles. The molecule has 0 amide bonds. The van der Waals surface area contributed by atoms with Crippen molar-refractivity contribution in [1.82, 2.24) is 9.97 Å². The zero-order chi connectivity index (χ0) is 14.7. The quantitative estimate of drug-likeness (QED) is 0.363. The van der Waals surface area contributed by atoms with Gasteiger partial charge in [-0.15, -0.1) is 0 Å². The van der Waals surface area contributed by atoms with E-state index in [1.165, 1.54) is 0 Å². The van der Waals surface area contributed by atoms with E-state index in [1.807, 2.05) is 48.5 Å². The zero-order valence-corrected chi connectivity index (χ0v) is 12.1. The lowest BCUT2D eigenvalue weighted by atomic mass is 10.1. The van der Waals surface area contributed by atoms with E-state index in [4.69, 9.17) is 21.0 Å². The summed E-state index contributed by atoms with van der Waals surface area (Å²) in [6.45, 7) is 0. The van der Waals surface area contributed by atoms with Gasteiger partial charge in [0.15, 0.2) is 5.58 Å². The smallest absolute Gasteiger partial charge is 0.163 e. The number of hydrogen-bond acceptors (Lipinski definition) is 3. The highest BCUT2D eigenvalue weighted by atomic mass is 35.5. The van der Waals surface area contributed by atoms with Crippen molar-refractivity contribution in [1.29, 1.82) is 0 Å². The first kappa shape index (κ1) is 12.0. The molecule has 3 aromatic carbocycles. The predicted molar refractivity (Wildman–Crippen MR) is 89.3 cm³/mol. The van der Waals surface area contributed by atoms with Crippen molar-refractivity contribution >= 4 is 55.6 Å². The van der Waals surface area contributed by atoms with Crippen LogP contribution in [0.1, 0.15) is 0 Å². The Morgan fingerprint density at radius 3 is 2.59 bits per heavy atom. The van der Waals surface area contributed by atoms with E-state index in [-0.39, 0.29) is 0 Å². The minimum Gasteiger partial charge on any atom is -0.454 e. The summed E-state index contributed by atoms with van der Waals surface area (Å²) in [6.07, 6.45) is 0. The second-order valence-electron chi connectivity index (χ2n) is 5.26. The largest absolute Gasteiger partial charge is 0.454 e. The van der Waals surface area contributed by atoms with Crippen LogP contribution in [-0.4, -0.2) is 9.97 Å². The standard InChI is InChI=1S/C18H9ClN2O/c19-10-5-7-13-15(9-10)21-17-14(20-13)8-6-12-11-3-1-2-4-16(11)22-18(12)17/h1-9H. The molecule has 0 unspecified atom stereocenters. The van der Waals surface area contributed by atoms with Crippen LogP contribution in [0.5, 0.6) is 0 Å². The van der Waals surface area contributed by atoms with Gasteiger partial charge in [-0.2, -0.15) is 0 Å². The second kappa shape index (κ2) is 4.18. The van der Waals surface area contributed by atoms with Crippen LogP contribution in [0.4, 0.5) is 0 Å². The zero-order valence-electron chi connectivity index (χ0n) is 11.4. The molecule has 0 atom stereocenters. The summed E-state index contributed by atoms with van der Waals surface area (Å²) in [6, 6.07) is 17.6. The summed E-state index contributed by atoms with van der Waals surface area (Å²) in [5.41, 5.74) is 4.82. The molecule has 5 aromatic rings. The molecule has 0 radical (unpaired) electrons. The van der Waals surface area contributed by atoms with Gasteiger partial charge in [-0.05, 0) is 36.4 Å². The monoisotopic (exact) mass is 304 g/mol. The molecule has 5 rings (SSSR count). The van der Waals surface area contributed by atoms with Crippen LogP contribution in [0.3, 0.4) is 0 Å². The van der Waals surface area contributed by atoms with Crippen molar-refractivity contribution in [2.24, 2.45) is 0 Å². The van der Waals surface area contributed by atoms with E-state index in [2.05, 4.69) is 11.1 Å². The van der Waals surface area contributed by atoms with Crippen molar-refractivity contribution in [3.8, 4) is 0 Å². The SMILES string of the molecule is Clc1ccc2nc3ccc4c5ccccc5oc4c3nc2c1. The molecule has 0 aliphatic carbocycles. The van der Waals surface area contributed by atoms with E-state index in [1.54, 1.807) is 0 Å². The first-order chi connectivity index (χ1) is 10.8. The van der Waals surface area contributed by atoms with Crippen molar-refractivity contribution in [3.63, 3.8) is 0 Å². The Morgan fingerprint density at radius 2 is 1.64 bits per heavy atom. The maximum absolute atomic E-state index is 6.06. The average molecular weight is 305 g/mol. The van der Waals surface area contributed by atoms with Gasteiger partial charge in [-0.25, -0.2) is 9.97 Å². The third-order valence-electron chi connectivity index (χ3n) is 3.91. The number of furan rings is 1. The first-order valence-corrected chi connectivity index (χ1v) is 7.35. The number of benzene rings is 3. The van der Waals surface area contributed by atoms with Gasteiger partial charge in [0.25, 0.3) is 0 Å². The lowest BCUT2D eigenvalue weighted by Gasteiger charge is -2.01. The Hall–Kier alpha value is -2.65. The van der Waals surface area contributed by atoms with Crippen LogP contribution in [-0.2, 0) is 0 Å². The lowest BCUT2D eigenvalue weighted by molar-refractivity contribution is 0.671. The Morgan fingerprint density at radius 1 is 0.773 bits per heavy atom. The van der Waals surface area contributed by atoms with Gasteiger partial charge >= 0.3 is 0 Å². The van der Waals surface area contributed by atoms with Gasteiger partial charge in [0, 0.05) is 15.8 Å². The van der Waals surface area contributed by atoms with Crippen LogP contribution in [0.2, 0.25) is 5.02 Å². The molecule has 0 aliphatic rings. The van der Waals surface area contributed by atoms with Gasteiger partial charge in [-0.1, -0.05) is 29.8 Å². The Balaban J connectivity index is 2.01. The number of para-hydroxylation sites is 1. The Kier molecular flexibility index (Phi) is 2.27. The van der Waals surface area contributed by atoms with Crippen molar-refractivity contribution in [2.45, 2.75) is 0 Å². The fourth-order valence-electron chi connectivity index (χ4n) is 2.89. The molecule has 3 nitrogen and oxygen atoms in total. The van der Waals surface area contributed by atoms with Crippen molar-refractivity contribution in [2.75, 3.05) is 0 Å². The van der Waals surface area contributed by atoms with E-state index in [0.29, 0.717) is 5.02 Å². The summed E-state index contributed by atoms with van der Waals surface area (Å²) < 4.78 is 6.01. The minimum absolute atomic E-state index is 0.651. The molecule has 0 bridgehead atoms. The van der Waals surface area contributed by atoms with Gasteiger partial charge in [0.2, 0.25) is 0 Å². The molecular weight excluding hydrogens is 296 g/mol. The van der Waals surface area contributed by atoms with Crippen LogP contribution in [0.25, 0.3) is 44.0 Å². The van der Waals surface area contributed by atoms with Gasteiger partial charge in [-0.3, -0.25) is 0 Å². The van der Waals surface area contributed by atoms with E-state index in [0.717, 1.165) is 44.0 Å². The molecule has 0 aliphatic heterocycles. The van der Waals surface area contributed by atoms with Crippen molar-refractivity contribution < 1.29 is 4.42 Å². The second-order valence-corrected chi connectivity index (χ2v) is 5.70. The van der Waals surface area contributed by atoms with Crippen LogP contribution >= 0.6 is 11.6 Å². The maximum Gasteiger partial charge on any atom is 0.163 e.